The number of nitrogens with zero attached hydrogens (tertiary/aromatic N) is 1. The van der Waals surface area contributed by atoms with Gasteiger partial charge in [0.15, 0.2) is 0 Å². The molecule has 0 saturated carbocycles. The second-order valence-corrected chi connectivity index (χ2v) is 7.83. The Labute approximate surface area is 167 Å². The van der Waals surface area contributed by atoms with Gasteiger partial charge in [-0.05, 0) is 61.2 Å². The molecule has 2 N–H and O–H groups in total. The number of para-hydroxylation sites is 1. The van der Waals surface area contributed by atoms with E-state index in [1.54, 1.807) is 0 Å². The van der Waals surface area contributed by atoms with Gasteiger partial charge < -0.3 is 15.3 Å². The van der Waals surface area contributed by atoms with Gasteiger partial charge in [0.05, 0.1) is 17.6 Å². The fraction of sp³-hybridized carbons (Fsp3) is 0.409. The van der Waals surface area contributed by atoms with E-state index in [9.17, 15) is 23.1 Å². The van der Waals surface area contributed by atoms with E-state index in [0.29, 0.717) is 12.1 Å². The molecule has 29 heavy (non-hydrogen) atoms. The van der Waals surface area contributed by atoms with Crippen molar-refractivity contribution in [2.75, 3.05) is 25.0 Å². The molecule has 0 aromatic heterocycles. The number of rotatable bonds is 4. The van der Waals surface area contributed by atoms with Crippen molar-refractivity contribution in [2.45, 2.75) is 31.0 Å². The summed E-state index contributed by atoms with van der Waals surface area (Å²) in [7, 11) is 0. The molecule has 2 aromatic rings. The van der Waals surface area contributed by atoms with Crippen LogP contribution in [0.1, 0.15) is 41.6 Å². The van der Waals surface area contributed by atoms with Crippen LogP contribution in [0, 0.1) is 5.92 Å². The third-order valence-corrected chi connectivity index (χ3v) is 5.99. The first-order chi connectivity index (χ1) is 13.8. The number of hydrogen-bond donors (Lipinski definition) is 2. The smallest absolute Gasteiger partial charge is 0.387 e. The molecule has 2 aliphatic rings. The second kappa shape index (κ2) is 7.80. The average Bonchev–Trinajstić information content (AvgIpc) is 3.04. The molecule has 0 radical (unpaired) electrons. The van der Waals surface area contributed by atoms with E-state index in [1.165, 1.54) is 12.1 Å². The minimum absolute atomic E-state index is 0.0504. The number of nitrogens with one attached hydrogen (secondary N) is 1. The van der Waals surface area contributed by atoms with E-state index in [1.807, 2.05) is 24.3 Å². The molecule has 1 fully saturated rings. The van der Waals surface area contributed by atoms with E-state index in [2.05, 4.69) is 10.2 Å². The lowest BCUT2D eigenvalue weighted by Crippen LogP contribution is -2.39. The van der Waals surface area contributed by atoms with Gasteiger partial charge in [-0.1, -0.05) is 30.3 Å². The van der Waals surface area contributed by atoms with Gasteiger partial charge in [-0.15, -0.1) is 0 Å². The van der Waals surface area contributed by atoms with Crippen molar-refractivity contribution in [3.8, 4) is 0 Å². The lowest BCUT2D eigenvalue weighted by Gasteiger charge is -2.35. The first-order valence-corrected chi connectivity index (χ1v) is 9.80. The Morgan fingerprint density at radius 3 is 2.38 bits per heavy atom. The van der Waals surface area contributed by atoms with Crippen LogP contribution in [0.15, 0.2) is 48.5 Å². The number of hydrogen-bond acceptors (Lipinski definition) is 3. The summed E-state index contributed by atoms with van der Waals surface area (Å²) in [6.07, 6.45) is -3.54. The molecule has 1 saturated heterocycles. The van der Waals surface area contributed by atoms with Crippen LogP contribution in [0.3, 0.4) is 0 Å². The molecule has 4 rings (SSSR count). The zero-order chi connectivity index (χ0) is 20.6. The Morgan fingerprint density at radius 2 is 1.72 bits per heavy atom. The van der Waals surface area contributed by atoms with Crippen molar-refractivity contribution in [2.24, 2.45) is 5.92 Å². The van der Waals surface area contributed by atoms with Crippen LogP contribution in [-0.4, -0.2) is 35.5 Å². The molecule has 0 spiro atoms. The minimum atomic E-state index is -4.38. The zero-order valence-corrected chi connectivity index (χ0v) is 15.8. The fourth-order valence-electron chi connectivity index (χ4n) is 4.41. The molecule has 0 aliphatic carbocycles. The SMILES string of the molecule is O=C1Nc2ccccc2C1C1CCN(C[C@@H](O)c2ccc(C(F)(F)F)cc2)CC1. The summed E-state index contributed by atoms with van der Waals surface area (Å²) >= 11 is 0. The van der Waals surface area contributed by atoms with Crippen LogP contribution in [-0.2, 0) is 11.0 Å². The first kappa shape index (κ1) is 19.9. The number of β-amino-alcohol motifs (C(OH)–C–C–N with tert-alkyl or cyclic N) is 1. The minimum Gasteiger partial charge on any atom is -0.387 e. The Hall–Kier alpha value is -2.38. The number of alkyl halides is 3. The van der Waals surface area contributed by atoms with E-state index >= 15 is 0 Å². The molecular weight excluding hydrogens is 381 g/mol. The predicted octanol–water partition coefficient (Wildman–Crippen LogP) is 4.19. The number of amides is 1. The third-order valence-electron chi connectivity index (χ3n) is 5.99. The van der Waals surface area contributed by atoms with Crippen LogP contribution in [0.25, 0.3) is 0 Å². The number of aliphatic hydroxyl groups excluding tert-OH is 1. The van der Waals surface area contributed by atoms with Gasteiger partial charge in [-0.3, -0.25) is 4.79 Å². The van der Waals surface area contributed by atoms with Crippen LogP contribution in [0.4, 0.5) is 18.9 Å². The number of carbonyl (C=O) groups is 1. The molecule has 2 heterocycles. The van der Waals surface area contributed by atoms with E-state index < -0.39 is 17.8 Å². The van der Waals surface area contributed by atoms with Gasteiger partial charge in [0, 0.05) is 12.2 Å². The van der Waals surface area contributed by atoms with Gasteiger partial charge in [-0.2, -0.15) is 13.2 Å². The molecule has 2 aliphatic heterocycles. The van der Waals surface area contributed by atoms with Crippen molar-refractivity contribution in [3.63, 3.8) is 0 Å². The van der Waals surface area contributed by atoms with E-state index in [0.717, 1.165) is 49.3 Å². The molecule has 7 heteroatoms. The van der Waals surface area contributed by atoms with Crippen LogP contribution < -0.4 is 5.32 Å². The maximum Gasteiger partial charge on any atom is 0.416 e. The fourth-order valence-corrected chi connectivity index (χ4v) is 4.41. The number of likely N-dealkylation sites (tertiary alicyclic amines) is 1. The van der Waals surface area contributed by atoms with Gasteiger partial charge in [-0.25, -0.2) is 0 Å². The zero-order valence-electron chi connectivity index (χ0n) is 15.8. The number of anilines is 1. The largest absolute Gasteiger partial charge is 0.416 e. The molecule has 0 bridgehead atoms. The topological polar surface area (TPSA) is 52.6 Å². The summed E-state index contributed by atoms with van der Waals surface area (Å²) < 4.78 is 38.0. The molecule has 1 amide bonds. The number of aliphatic hydroxyl groups is 1. The molecule has 1 unspecified atom stereocenters. The summed E-state index contributed by atoms with van der Waals surface area (Å²) in [5, 5.41) is 13.4. The maximum atomic E-state index is 12.7. The number of halogens is 3. The summed E-state index contributed by atoms with van der Waals surface area (Å²) in [4.78, 5) is 14.5. The molecule has 4 nitrogen and oxygen atoms in total. The molecule has 154 valence electrons. The van der Waals surface area contributed by atoms with Crippen LogP contribution in [0.2, 0.25) is 0 Å². The monoisotopic (exact) mass is 404 g/mol. The van der Waals surface area contributed by atoms with Crippen molar-refractivity contribution in [1.82, 2.24) is 4.90 Å². The highest BCUT2D eigenvalue weighted by Crippen LogP contribution is 2.41. The Kier molecular flexibility index (Phi) is 5.36. The van der Waals surface area contributed by atoms with Gasteiger partial charge >= 0.3 is 6.18 Å². The van der Waals surface area contributed by atoms with Crippen molar-refractivity contribution in [1.29, 1.82) is 0 Å². The highest BCUT2D eigenvalue weighted by molar-refractivity contribution is 6.03. The summed E-state index contributed by atoms with van der Waals surface area (Å²) in [6, 6.07) is 12.4. The third kappa shape index (κ3) is 4.16. The number of carbonyl (C=O) groups excluding carboxylic acids is 1. The average molecular weight is 404 g/mol. The Balaban J connectivity index is 1.34. The first-order valence-electron chi connectivity index (χ1n) is 9.80. The lowest BCUT2D eigenvalue weighted by molar-refractivity contribution is -0.137. The number of piperidine rings is 1. The van der Waals surface area contributed by atoms with Gasteiger partial charge in [0.2, 0.25) is 5.91 Å². The van der Waals surface area contributed by atoms with E-state index in [-0.39, 0.29) is 17.7 Å². The molecular formula is C22H23F3N2O2. The lowest BCUT2D eigenvalue weighted by atomic mass is 9.80. The van der Waals surface area contributed by atoms with Gasteiger partial charge in [0.25, 0.3) is 0 Å². The summed E-state index contributed by atoms with van der Waals surface area (Å²) in [5.74, 6) is 0.167. The quantitative estimate of drug-likeness (QED) is 0.804. The van der Waals surface area contributed by atoms with Crippen LogP contribution >= 0.6 is 0 Å². The van der Waals surface area contributed by atoms with Gasteiger partial charge in [0.1, 0.15) is 0 Å². The second-order valence-electron chi connectivity index (χ2n) is 7.83. The normalized spacial score (nSPS) is 21.7. The highest BCUT2D eigenvalue weighted by Gasteiger charge is 2.38. The number of benzene rings is 2. The van der Waals surface area contributed by atoms with Crippen molar-refractivity contribution < 1.29 is 23.1 Å². The predicted molar refractivity (Wildman–Crippen MR) is 103 cm³/mol. The number of fused-ring (bicyclic) bond motifs is 1. The Bertz CT molecular complexity index is 874. The van der Waals surface area contributed by atoms with Crippen LogP contribution in [0.5, 0.6) is 0 Å². The van der Waals surface area contributed by atoms with Crippen molar-refractivity contribution in [3.05, 3.63) is 65.2 Å². The highest BCUT2D eigenvalue weighted by atomic mass is 19.4. The standard InChI is InChI=1S/C22H23F3N2O2/c23-22(24,25)16-7-5-14(6-8-16)19(28)13-27-11-9-15(10-12-27)20-17-3-1-2-4-18(17)26-21(20)29/h1-8,15,19-20,28H,9-13H2,(H,26,29)/t19-,20?/m1/s1. The van der Waals surface area contributed by atoms with E-state index in [4.69, 9.17) is 0 Å². The summed E-state index contributed by atoms with van der Waals surface area (Å²) in [5.41, 5.74) is 1.71. The molecule has 2 aromatic carbocycles. The summed E-state index contributed by atoms with van der Waals surface area (Å²) in [6.45, 7) is 1.86. The maximum absolute atomic E-state index is 12.7. The van der Waals surface area contributed by atoms with Crippen molar-refractivity contribution >= 4 is 11.6 Å². The molecule has 2 atom stereocenters. The Morgan fingerprint density at radius 1 is 1.07 bits per heavy atom.